The van der Waals surface area contributed by atoms with E-state index >= 15 is 0 Å². The number of nitrogens with zero attached hydrogens (tertiary/aromatic N) is 3. The number of pyridine rings is 1. The smallest absolute Gasteiger partial charge is 0.159 e. The number of fused-ring (bicyclic) bond motifs is 1. The standard InChI is InChI=1S/C18H19F2N5/c1-10-8-25(9-11(2)22-10)18-16-15(5-6-21-18)23-17(24-16)12-3-4-13(19)14(20)7-12/h3-7,10-11,22H,8-9H2,1-2H3,(H,23,24)/t10-,11+. The molecule has 5 nitrogen and oxygen atoms in total. The van der Waals surface area contributed by atoms with Gasteiger partial charge in [0.1, 0.15) is 11.3 Å². The fourth-order valence-electron chi connectivity index (χ4n) is 3.43. The van der Waals surface area contributed by atoms with Crippen LogP contribution in [0.15, 0.2) is 30.5 Å². The minimum atomic E-state index is -0.888. The van der Waals surface area contributed by atoms with Crippen LogP contribution >= 0.6 is 0 Å². The second kappa shape index (κ2) is 6.07. The quantitative estimate of drug-likeness (QED) is 0.751. The van der Waals surface area contributed by atoms with Gasteiger partial charge in [-0.15, -0.1) is 0 Å². The average Bonchev–Trinajstić information content (AvgIpc) is 3.00. The monoisotopic (exact) mass is 343 g/mol. The largest absolute Gasteiger partial charge is 0.352 e. The first kappa shape index (κ1) is 16.0. The number of aromatic nitrogens is 3. The Balaban J connectivity index is 1.77. The highest BCUT2D eigenvalue weighted by Gasteiger charge is 2.24. The summed E-state index contributed by atoms with van der Waals surface area (Å²) in [5.74, 6) is -0.450. The van der Waals surface area contributed by atoms with E-state index in [0.717, 1.165) is 42.1 Å². The number of hydrogen-bond acceptors (Lipinski definition) is 4. The van der Waals surface area contributed by atoms with Crippen molar-refractivity contribution in [1.82, 2.24) is 20.3 Å². The summed E-state index contributed by atoms with van der Waals surface area (Å²) in [6.07, 6.45) is 1.74. The third-order valence-corrected chi connectivity index (χ3v) is 4.43. The molecule has 1 fully saturated rings. The van der Waals surface area contributed by atoms with E-state index < -0.39 is 11.6 Å². The fraction of sp³-hybridized carbons (Fsp3) is 0.333. The number of piperazine rings is 1. The number of imidazole rings is 1. The molecule has 0 bridgehead atoms. The topological polar surface area (TPSA) is 56.8 Å². The van der Waals surface area contributed by atoms with Gasteiger partial charge in [0.15, 0.2) is 17.5 Å². The summed E-state index contributed by atoms with van der Waals surface area (Å²) < 4.78 is 26.7. The molecule has 3 aromatic rings. The number of H-pyrrole nitrogens is 1. The van der Waals surface area contributed by atoms with E-state index in [-0.39, 0.29) is 0 Å². The minimum Gasteiger partial charge on any atom is -0.352 e. The molecule has 2 aromatic heterocycles. The summed E-state index contributed by atoms with van der Waals surface area (Å²) in [5, 5.41) is 3.49. The zero-order valence-corrected chi connectivity index (χ0v) is 14.1. The molecule has 2 atom stereocenters. The zero-order valence-electron chi connectivity index (χ0n) is 14.1. The molecule has 1 saturated heterocycles. The Kier molecular flexibility index (Phi) is 3.88. The van der Waals surface area contributed by atoms with Crippen molar-refractivity contribution in [3.05, 3.63) is 42.1 Å². The van der Waals surface area contributed by atoms with Crippen LogP contribution in [0.4, 0.5) is 14.6 Å². The summed E-state index contributed by atoms with van der Waals surface area (Å²) in [6, 6.07) is 6.31. The SMILES string of the molecule is C[C@@H]1CN(c2nccc3[nH]c(-c4ccc(F)c(F)c4)nc23)C[C@H](C)N1. The van der Waals surface area contributed by atoms with Gasteiger partial charge in [-0.1, -0.05) is 0 Å². The van der Waals surface area contributed by atoms with Gasteiger partial charge in [-0.25, -0.2) is 18.7 Å². The summed E-state index contributed by atoms with van der Waals surface area (Å²) in [4.78, 5) is 14.5. The molecule has 2 N–H and O–H groups in total. The van der Waals surface area contributed by atoms with E-state index in [2.05, 4.69) is 39.0 Å². The maximum absolute atomic E-state index is 13.5. The Morgan fingerprint density at radius 1 is 1.08 bits per heavy atom. The van der Waals surface area contributed by atoms with Gasteiger partial charge in [0.2, 0.25) is 0 Å². The lowest BCUT2D eigenvalue weighted by atomic mass is 10.1. The summed E-state index contributed by atoms with van der Waals surface area (Å²) >= 11 is 0. The number of benzene rings is 1. The minimum absolute atomic E-state index is 0.352. The highest BCUT2D eigenvalue weighted by atomic mass is 19.2. The van der Waals surface area contributed by atoms with Crippen LogP contribution in [-0.2, 0) is 0 Å². The highest BCUT2D eigenvalue weighted by Crippen LogP contribution is 2.28. The van der Waals surface area contributed by atoms with Crippen LogP contribution < -0.4 is 10.2 Å². The lowest BCUT2D eigenvalue weighted by Gasteiger charge is -2.36. The second-order valence-electron chi connectivity index (χ2n) is 6.62. The van der Waals surface area contributed by atoms with E-state index in [0.29, 0.717) is 23.5 Å². The molecule has 0 saturated carbocycles. The third kappa shape index (κ3) is 2.95. The maximum atomic E-state index is 13.5. The van der Waals surface area contributed by atoms with Crippen molar-refractivity contribution >= 4 is 16.9 Å². The zero-order chi connectivity index (χ0) is 17.6. The predicted molar refractivity (Wildman–Crippen MR) is 93.5 cm³/mol. The molecule has 1 aliphatic rings. The van der Waals surface area contributed by atoms with Crippen LogP contribution in [0.2, 0.25) is 0 Å². The molecule has 0 amide bonds. The molecule has 0 radical (unpaired) electrons. The van der Waals surface area contributed by atoms with Crippen molar-refractivity contribution in [3.8, 4) is 11.4 Å². The Morgan fingerprint density at radius 3 is 2.56 bits per heavy atom. The van der Waals surface area contributed by atoms with Crippen LogP contribution in [0, 0.1) is 11.6 Å². The Labute approximate surface area is 144 Å². The van der Waals surface area contributed by atoms with Crippen molar-refractivity contribution < 1.29 is 8.78 Å². The fourth-order valence-corrected chi connectivity index (χ4v) is 3.43. The summed E-state index contributed by atoms with van der Waals surface area (Å²) in [7, 11) is 0. The molecule has 130 valence electrons. The number of nitrogens with one attached hydrogen (secondary N) is 2. The van der Waals surface area contributed by atoms with E-state index in [9.17, 15) is 8.78 Å². The Bertz CT molecular complexity index is 913. The maximum Gasteiger partial charge on any atom is 0.159 e. The number of aromatic amines is 1. The van der Waals surface area contributed by atoms with Gasteiger partial charge in [-0.3, -0.25) is 0 Å². The lowest BCUT2D eigenvalue weighted by molar-refractivity contribution is 0.406. The number of hydrogen-bond donors (Lipinski definition) is 2. The van der Waals surface area contributed by atoms with Crippen molar-refractivity contribution in [3.63, 3.8) is 0 Å². The number of anilines is 1. The lowest BCUT2D eigenvalue weighted by Crippen LogP contribution is -2.54. The van der Waals surface area contributed by atoms with Crippen LogP contribution in [0.3, 0.4) is 0 Å². The van der Waals surface area contributed by atoms with Crippen molar-refractivity contribution in [2.24, 2.45) is 0 Å². The van der Waals surface area contributed by atoms with Gasteiger partial charge < -0.3 is 15.2 Å². The molecule has 7 heteroatoms. The molecule has 0 aliphatic carbocycles. The molecule has 1 aromatic carbocycles. The summed E-state index contributed by atoms with van der Waals surface area (Å²) in [5.41, 5.74) is 2.07. The number of rotatable bonds is 2. The number of halogens is 2. The molecular formula is C18H19F2N5. The molecule has 25 heavy (non-hydrogen) atoms. The Morgan fingerprint density at radius 2 is 1.84 bits per heavy atom. The van der Waals surface area contributed by atoms with Crippen molar-refractivity contribution in [2.75, 3.05) is 18.0 Å². The van der Waals surface area contributed by atoms with Gasteiger partial charge in [0.05, 0.1) is 5.52 Å². The van der Waals surface area contributed by atoms with Crippen LogP contribution in [0.25, 0.3) is 22.4 Å². The van der Waals surface area contributed by atoms with Gasteiger partial charge in [-0.05, 0) is 38.1 Å². The van der Waals surface area contributed by atoms with Crippen LogP contribution in [0.1, 0.15) is 13.8 Å². The highest BCUT2D eigenvalue weighted by molar-refractivity contribution is 5.88. The molecular weight excluding hydrogens is 324 g/mol. The normalized spacial score (nSPS) is 21.0. The van der Waals surface area contributed by atoms with Gasteiger partial charge in [0.25, 0.3) is 0 Å². The molecule has 3 heterocycles. The first-order chi connectivity index (χ1) is 12.0. The van der Waals surface area contributed by atoms with Gasteiger partial charge in [0, 0.05) is 36.9 Å². The summed E-state index contributed by atoms with van der Waals surface area (Å²) in [6.45, 7) is 5.95. The first-order valence-corrected chi connectivity index (χ1v) is 8.32. The van der Waals surface area contributed by atoms with Crippen LogP contribution in [-0.4, -0.2) is 40.1 Å². The van der Waals surface area contributed by atoms with E-state index in [4.69, 9.17) is 0 Å². The van der Waals surface area contributed by atoms with E-state index in [1.165, 1.54) is 6.07 Å². The van der Waals surface area contributed by atoms with E-state index in [1.807, 2.05) is 6.07 Å². The Hall–Kier alpha value is -2.54. The predicted octanol–water partition coefficient (Wildman–Crippen LogP) is 3.09. The van der Waals surface area contributed by atoms with Gasteiger partial charge >= 0.3 is 0 Å². The van der Waals surface area contributed by atoms with E-state index in [1.54, 1.807) is 6.20 Å². The van der Waals surface area contributed by atoms with Crippen LogP contribution in [0.5, 0.6) is 0 Å². The molecule has 0 unspecified atom stereocenters. The molecule has 0 spiro atoms. The third-order valence-electron chi connectivity index (χ3n) is 4.43. The second-order valence-corrected chi connectivity index (χ2v) is 6.62. The van der Waals surface area contributed by atoms with Gasteiger partial charge in [-0.2, -0.15) is 0 Å². The average molecular weight is 343 g/mol. The first-order valence-electron chi connectivity index (χ1n) is 8.32. The van der Waals surface area contributed by atoms with Crippen molar-refractivity contribution in [2.45, 2.75) is 25.9 Å². The molecule has 1 aliphatic heterocycles. The van der Waals surface area contributed by atoms with Crippen molar-refractivity contribution in [1.29, 1.82) is 0 Å². The molecule has 4 rings (SSSR count).